The molecule has 5 heteroatoms. The summed E-state index contributed by atoms with van der Waals surface area (Å²) >= 11 is 0. The molecule has 0 bridgehead atoms. The summed E-state index contributed by atoms with van der Waals surface area (Å²) < 4.78 is 0. The van der Waals surface area contributed by atoms with Crippen LogP contribution in [0.15, 0.2) is 30.7 Å². The standard InChI is InChI=1S/C13H17N5/c1-10-12(14)16-9-17-13(10)18(2)8-6-11-5-3-4-7-15-11/h3-5,7,9H,6,8H2,1-2H3,(H2,14,16,17). The van der Waals surface area contributed by atoms with Gasteiger partial charge in [-0.1, -0.05) is 6.07 Å². The molecule has 18 heavy (non-hydrogen) atoms. The molecule has 0 spiro atoms. The minimum Gasteiger partial charge on any atom is -0.383 e. The van der Waals surface area contributed by atoms with Gasteiger partial charge in [0.1, 0.15) is 18.0 Å². The van der Waals surface area contributed by atoms with Gasteiger partial charge in [-0.3, -0.25) is 4.98 Å². The van der Waals surface area contributed by atoms with Gasteiger partial charge in [0.05, 0.1) is 0 Å². The van der Waals surface area contributed by atoms with Gasteiger partial charge in [-0.15, -0.1) is 0 Å². The maximum atomic E-state index is 5.78. The third-order valence-corrected chi connectivity index (χ3v) is 2.89. The van der Waals surface area contributed by atoms with E-state index < -0.39 is 0 Å². The van der Waals surface area contributed by atoms with Crippen molar-refractivity contribution in [3.8, 4) is 0 Å². The summed E-state index contributed by atoms with van der Waals surface area (Å²) in [4.78, 5) is 14.6. The van der Waals surface area contributed by atoms with Crippen molar-refractivity contribution in [2.75, 3.05) is 24.2 Å². The molecule has 2 N–H and O–H groups in total. The van der Waals surface area contributed by atoms with Crippen molar-refractivity contribution in [2.24, 2.45) is 0 Å². The van der Waals surface area contributed by atoms with E-state index in [1.54, 1.807) is 0 Å². The molecule has 0 aromatic carbocycles. The molecule has 0 radical (unpaired) electrons. The van der Waals surface area contributed by atoms with E-state index >= 15 is 0 Å². The quantitative estimate of drug-likeness (QED) is 0.880. The van der Waals surface area contributed by atoms with Crippen LogP contribution in [0.3, 0.4) is 0 Å². The van der Waals surface area contributed by atoms with Crippen molar-refractivity contribution in [3.05, 3.63) is 42.0 Å². The molecule has 2 aromatic heterocycles. The van der Waals surface area contributed by atoms with E-state index in [-0.39, 0.29) is 0 Å². The van der Waals surface area contributed by atoms with Crippen LogP contribution in [0.5, 0.6) is 0 Å². The van der Waals surface area contributed by atoms with Crippen LogP contribution in [0.4, 0.5) is 11.6 Å². The second kappa shape index (κ2) is 5.44. The summed E-state index contributed by atoms with van der Waals surface area (Å²) in [5.41, 5.74) is 7.77. The van der Waals surface area contributed by atoms with Gasteiger partial charge in [-0.05, 0) is 19.1 Å². The van der Waals surface area contributed by atoms with Gasteiger partial charge in [-0.2, -0.15) is 0 Å². The van der Waals surface area contributed by atoms with E-state index in [2.05, 4.69) is 19.9 Å². The monoisotopic (exact) mass is 243 g/mol. The highest BCUT2D eigenvalue weighted by atomic mass is 15.2. The molecule has 5 nitrogen and oxygen atoms in total. The van der Waals surface area contributed by atoms with Crippen LogP contribution in [0.25, 0.3) is 0 Å². The molecule has 2 rings (SSSR count). The van der Waals surface area contributed by atoms with E-state index in [4.69, 9.17) is 5.73 Å². The molecule has 0 saturated carbocycles. The normalized spacial score (nSPS) is 10.3. The van der Waals surface area contributed by atoms with Gasteiger partial charge in [-0.25, -0.2) is 9.97 Å². The van der Waals surface area contributed by atoms with Crippen molar-refractivity contribution in [1.29, 1.82) is 0 Å². The van der Waals surface area contributed by atoms with Gasteiger partial charge in [0.2, 0.25) is 0 Å². The Kier molecular flexibility index (Phi) is 3.72. The first-order valence-corrected chi connectivity index (χ1v) is 5.86. The Morgan fingerprint density at radius 2 is 2.06 bits per heavy atom. The van der Waals surface area contributed by atoms with Crippen molar-refractivity contribution >= 4 is 11.6 Å². The number of aromatic nitrogens is 3. The Balaban J connectivity index is 2.04. The summed E-state index contributed by atoms with van der Waals surface area (Å²) in [5.74, 6) is 1.41. The molecule has 0 saturated heterocycles. The molecule has 0 aliphatic carbocycles. The van der Waals surface area contributed by atoms with Gasteiger partial charge in [0.25, 0.3) is 0 Å². The highest BCUT2D eigenvalue weighted by Crippen LogP contribution is 2.18. The largest absolute Gasteiger partial charge is 0.383 e. The number of hydrogen-bond acceptors (Lipinski definition) is 5. The molecule has 2 aromatic rings. The summed E-state index contributed by atoms with van der Waals surface area (Å²) in [6, 6.07) is 5.94. The lowest BCUT2D eigenvalue weighted by Crippen LogP contribution is -2.23. The smallest absolute Gasteiger partial charge is 0.136 e. The van der Waals surface area contributed by atoms with Crippen molar-refractivity contribution in [1.82, 2.24) is 15.0 Å². The van der Waals surface area contributed by atoms with Crippen LogP contribution in [-0.4, -0.2) is 28.5 Å². The fourth-order valence-electron chi connectivity index (χ4n) is 1.77. The maximum Gasteiger partial charge on any atom is 0.136 e. The third kappa shape index (κ3) is 2.74. The molecule has 0 atom stereocenters. The summed E-state index contributed by atoms with van der Waals surface area (Å²) in [5, 5.41) is 0. The molecule has 2 heterocycles. The molecule has 0 unspecified atom stereocenters. The number of rotatable bonds is 4. The SMILES string of the molecule is Cc1c(N)ncnc1N(C)CCc1ccccn1. The number of nitrogen functional groups attached to an aromatic ring is 1. The lowest BCUT2D eigenvalue weighted by atomic mass is 10.2. The summed E-state index contributed by atoms with van der Waals surface area (Å²) in [6.07, 6.45) is 4.18. The van der Waals surface area contributed by atoms with Gasteiger partial charge in [0.15, 0.2) is 0 Å². The van der Waals surface area contributed by atoms with Crippen LogP contribution in [-0.2, 0) is 6.42 Å². The number of likely N-dealkylation sites (N-methyl/N-ethyl adjacent to an activating group) is 1. The summed E-state index contributed by atoms with van der Waals surface area (Å²) in [6.45, 7) is 2.77. The predicted molar refractivity (Wildman–Crippen MR) is 72.4 cm³/mol. The molecular formula is C13H17N5. The molecule has 94 valence electrons. The van der Waals surface area contributed by atoms with Crippen LogP contribution in [0.2, 0.25) is 0 Å². The number of nitrogens with zero attached hydrogens (tertiary/aromatic N) is 4. The number of nitrogens with two attached hydrogens (primary N) is 1. The van der Waals surface area contributed by atoms with Gasteiger partial charge >= 0.3 is 0 Å². The molecular weight excluding hydrogens is 226 g/mol. The Morgan fingerprint density at radius 1 is 1.22 bits per heavy atom. The Morgan fingerprint density at radius 3 is 2.78 bits per heavy atom. The minimum atomic E-state index is 0.532. The van der Waals surface area contributed by atoms with E-state index in [0.717, 1.165) is 30.0 Å². The van der Waals surface area contributed by atoms with E-state index in [9.17, 15) is 0 Å². The topological polar surface area (TPSA) is 67.9 Å². The number of hydrogen-bond donors (Lipinski definition) is 1. The van der Waals surface area contributed by atoms with Crippen LogP contribution in [0, 0.1) is 6.92 Å². The van der Waals surface area contributed by atoms with Crippen LogP contribution in [0.1, 0.15) is 11.3 Å². The minimum absolute atomic E-state index is 0.532. The van der Waals surface area contributed by atoms with E-state index in [1.807, 2.05) is 38.4 Å². The zero-order valence-corrected chi connectivity index (χ0v) is 10.7. The second-order valence-electron chi connectivity index (χ2n) is 4.20. The van der Waals surface area contributed by atoms with E-state index in [0.29, 0.717) is 5.82 Å². The van der Waals surface area contributed by atoms with Crippen LogP contribution >= 0.6 is 0 Å². The number of anilines is 2. The van der Waals surface area contributed by atoms with Crippen molar-refractivity contribution < 1.29 is 0 Å². The Bertz CT molecular complexity index is 512. The van der Waals surface area contributed by atoms with Crippen molar-refractivity contribution in [2.45, 2.75) is 13.3 Å². The fourth-order valence-corrected chi connectivity index (χ4v) is 1.77. The highest BCUT2D eigenvalue weighted by Gasteiger charge is 2.09. The average Bonchev–Trinajstić information content (AvgIpc) is 2.40. The van der Waals surface area contributed by atoms with Gasteiger partial charge < -0.3 is 10.6 Å². The third-order valence-electron chi connectivity index (χ3n) is 2.89. The lowest BCUT2D eigenvalue weighted by molar-refractivity contribution is 0.832. The zero-order valence-electron chi connectivity index (χ0n) is 10.7. The van der Waals surface area contributed by atoms with Gasteiger partial charge in [0, 0.05) is 37.5 Å². The van der Waals surface area contributed by atoms with Crippen LogP contribution < -0.4 is 10.6 Å². The zero-order chi connectivity index (χ0) is 13.0. The van der Waals surface area contributed by atoms with E-state index in [1.165, 1.54) is 6.33 Å². The Labute approximate surface area is 107 Å². The molecule has 0 amide bonds. The first-order chi connectivity index (χ1) is 8.68. The first-order valence-electron chi connectivity index (χ1n) is 5.86. The average molecular weight is 243 g/mol. The molecule has 0 aliphatic heterocycles. The van der Waals surface area contributed by atoms with Crippen molar-refractivity contribution in [3.63, 3.8) is 0 Å². The fraction of sp³-hybridized carbons (Fsp3) is 0.308. The predicted octanol–water partition coefficient (Wildman–Crippen LogP) is 1.44. The molecule has 0 fully saturated rings. The highest BCUT2D eigenvalue weighted by molar-refractivity contribution is 5.55. The maximum absolute atomic E-state index is 5.78. The first kappa shape index (κ1) is 12.3. The molecule has 0 aliphatic rings. The Hall–Kier alpha value is -2.17. The lowest BCUT2D eigenvalue weighted by Gasteiger charge is -2.20. The second-order valence-corrected chi connectivity index (χ2v) is 4.20. The summed E-state index contributed by atoms with van der Waals surface area (Å²) in [7, 11) is 2.00. The number of pyridine rings is 1.